The summed E-state index contributed by atoms with van der Waals surface area (Å²) in [6.45, 7) is 0. The molecule has 0 aliphatic rings. The van der Waals surface area contributed by atoms with E-state index in [2.05, 4.69) is 15.0 Å². The molecule has 0 saturated heterocycles. The highest BCUT2D eigenvalue weighted by Gasteiger charge is 2.11. The predicted octanol–water partition coefficient (Wildman–Crippen LogP) is 2.68. The fourth-order valence-electron chi connectivity index (χ4n) is 1.39. The third-order valence-corrected chi connectivity index (χ3v) is 3.01. The monoisotopic (exact) mass is 264 g/mol. The molecule has 1 aromatic heterocycles. The summed E-state index contributed by atoms with van der Waals surface area (Å²) in [5.74, 6) is 0.270. The van der Waals surface area contributed by atoms with Crippen LogP contribution < -0.4 is 10.1 Å². The van der Waals surface area contributed by atoms with E-state index in [1.54, 1.807) is 12.5 Å². The minimum atomic E-state index is -0.445. The number of anilines is 2. The molecule has 2 aromatic rings. The molecule has 0 radical (unpaired) electrons. The molecule has 0 spiro atoms. The second-order valence-corrected chi connectivity index (χ2v) is 4.21. The van der Waals surface area contributed by atoms with E-state index in [0.717, 1.165) is 5.69 Å². The van der Waals surface area contributed by atoms with Gasteiger partial charge in [-0.1, -0.05) is 12.1 Å². The fourth-order valence-corrected chi connectivity index (χ4v) is 2.08. The van der Waals surface area contributed by atoms with E-state index in [9.17, 15) is 4.79 Å². The summed E-state index contributed by atoms with van der Waals surface area (Å²) in [5.41, 5.74) is 1.09. The minimum Gasteiger partial charge on any atom is -0.495 e. The number of methoxy groups -OCH3 is 2. The highest BCUT2D eigenvalue weighted by atomic mass is 32.1. The van der Waals surface area contributed by atoms with Gasteiger partial charge in [0.25, 0.3) is 0 Å². The van der Waals surface area contributed by atoms with E-state index < -0.39 is 5.97 Å². The van der Waals surface area contributed by atoms with E-state index in [-0.39, 0.29) is 0 Å². The van der Waals surface area contributed by atoms with Gasteiger partial charge in [-0.05, 0) is 12.1 Å². The molecule has 2 rings (SSSR count). The summed E-state index contributed by atoms with van der Waals surface area (Å²) in [7, 11) is 2.93. The number of hydrogen-bond donors (Lipinski definition) is 1. The molecule has 0 unspecified atom stereocenters. The molecule has 1 heterocycles. The van der Waals surface area contributed by atoms with E-state index in [1.165, 1.54) is 18.4 Å². The van der Waals surface area contributed by atoms with Gasteiger partial charge < -0.3 is 14.8 Å². The fraction of sp³-hybridized carbons (Fsp3) is 0.167. The summed E-state index contributed by atoms with van der Waals surface area (Å²) < 4.78 is 9.81. The number of thiazole rings is 1. The molecule has 5 nitrogen and oxygen atoms in total. The number of ether oxygens (including phenoxy) is 2. The number of benzene rings is 1. The lowest BCUT2D eigenvalue weighted by Gasteiger charge is -2.07. The first-order valence-electron chi connectivity index (χ1n) is 5.18. The summed E-state index contributed by atoms with van der Waals surface area (Å²) >= 11 is 1.33. The maximum Gasteiger partial charge on any atom is 0.357 e. The normalized spacial score (nSPS) is 9.89. The first-order chi connectivity index (χ1) is 8.74. The Kier molecular flexibility index (Phi) is 3.78. The Bertz CT molecular complexity index is 554. The van der Waals surface area contributed by atoms with Crippen LogP contribution in [0, 0.1) is 0 Å². The molecule has 0 saturated carbocycles. The van der Waals surface area contributed by atoms with Gasteiger partial charge in [0.05, 0.1) is 19.9 Å². The Hall–Kier alpha value is -2.08. The number of aromatic nitrogens is 1. The van der Waals surface area contributed by atoms with Crippen LogP contribution in [0.2, 0.25) is 0 Å². The lowest BCUT2D eigenvalue weighted by molar-refractivity contribution is 0.0595. The lowest BCUT2D eigenvalue weighted by Crippen LogP contribution is -2.01. The third-order valence-electron chi connectivity index (χ3n) is 2.25. The van der Waals surface area contributed by atoms with Crippen molar-refractivity contribution in [2.75, 3.05) is 19.5 Å². The number of carbonyl (C=O) groups is 1. The Morgan fingerprint density at radius 2 is 2.11 bits per heavy atom. The average molecular weight is 264 g/mol. The maximum atomic E-state index is 11.3. The van der Waals surface area contributed by atoms with Gasteiger partial charge in [0.2, 0.25) is 0 Å². The van der Waals surface area contributed by atoms with Crippen molar-refractivity contribution in [1.29, 1.82) is 0 Å². The van der Waals surface area contributed by atoms with Crippen molar-refractivity contribution in [3.63, 3.8) is 0 Å². The van der Waals surface area contributed by atoms with Crippen molar-refractivity contribution >= 4 is 28.1 Å². The van der Waals surface area contributed by atoms with Crippen LogP contribution in [0.3, 0.4) is 0 Å². The number of hydrogen-bond acceptors (Lipinski definition) is 6. The van der Waals surface area contributed by atoms with Gasteiger partial charge >= 0.3 is 5.97 Å². The van der Waals surface area contributed by atoms with Crippen molar-refractivity contribution in [3.05, 3.63) is 35.3 Å². The second kappa shape index (κ2) is 5.50. The minimum absolute atomic E-state index is 0.292. The highest BCUT2D eigenvalue weighted by Crippen LogP contribution is 2.28. The van der Waals surface area contributed by atoms with E-state index in [4.69, 9.17) is 4.74 Å². The highest BCUT2D eigenvalue weighted by molar-refractivity contribution is 7.14. The molecule has 0 atom stereocenters. The summed E-state index contributed by atoms with van der Waals surface area (Å²) in [6.07, 6.45) is 0. The van der Waals surface area contributed by atoms with Gasteiger partial charge in [0.15, 0.2) is 10.8 Å². The topological polar surface area (TPSA) is 60.5 Å². The van der Waals surface area contributed by atoms with E-state index >= 15 is 0 Å². The molecular formula is C12H12N2O3S. The SMILES string of the molecule is COC(=O)c1csc(Nc2ccccc2OC)n1. The molecule has 1 N–H and O–H groups in total. The average Bonchev–Trinajstić information content (AvgIpc) is 2.87. The van der Waals surface area contributed by atoms with Gasteiger partial charge in [-0.25, -0.2) is 9.78 Å². The largest absolute Gasteiger partial charge is 0.495 e. The number of carbonyl (C=O) groups excluding carboxylic acids is 1. The molecule has 0 bridgehead atoms. The number of nitrogens with one attached hydrogen (secondary N) is 1. The zero-order valence-electron chi connectivity index (χ0n) is 9.97. The number of rotatable bonds is 4. The molecule has 94 valence electrons. The van der Waals surface area contributed by atoms with Crippen LogP contribution in [0.1, 0.15) is 10.5 Å². The predicted molar refractivity (Wildman–Crippen MR) is 69.7 cm³/mol. The van der Waals surface area contributed by atoms with Crippen molar-refractivity contribution in [1.82, 2.24) is 4.98 Å². The molecule has 1 aromatic carbocycles. The first-order valence-corrected chi connectivity index (χ1v) is 6.06. The number of nitrogens with zero attached hydrogens (tertiary/aromatic N) is 1. The van der Waals surface area contributed by atoms with E-state index in [0.29, 0.717) is 16.6 Å². The molecule has 0 aliphatic carbocycles. The van der Waals surface area contributed by atoms with Crippen LogP contribution in [0.4, 0.5) is 10.8 Å². The van der Waals surface area contributed by atoms with E-state index in [1.807, 2.05) is 24.3 Å². The maximum absolute atomic E-state index is 11.3. The Morgan fingerprint density at radius 1 is 1.33 bits per heavy atom. The second-order valence-electron chi connectivity index (χ2n) is 3.35. The van der Waals surface area contributed by atoms with Crippen molar-refractivity contribution in [3.8, 4) is 5.75 Å². The first kappa shape index (κ1) is 12.4. The Labute approximate surface area is 108 Å². The van der Waals surface area contributed by atoms with Crippen LogP contribution in [0.25, 0.3) is 0 Å². The molecule has 18 heavy (non-hydrogen) atoms. The van der Waals surface area contributed by atoms with Crippen molar-refractivity contribution < 1.29 is 14.3 Å². The third kappa shape index (κ3) is 2.60. The summed E-state index contributed by atoms with van der Waals surface area (Å²) in [4.78, 5) is 15.4. The van der Waals surface area contributed by atoms with Crippen LogP contribution >= 0.6 is 11.3 Å². The lowest BCUT2D eigenvalue weighted by atomic mass is 10.3. The van der Waals surface area contributed by atoms with Gasteiger partial charge in [-0.15, -0.1) is 11.3 Å². The number of esters is 1. The zero-order chi connectivity index (χ0) is 13.0. The molecule has 0 amide bonds. The van der Waals surface area contributed by atoms with Crippen molar-refractivity contribution in [2.24, 2.45) is 0 Å². The number of para-hydroxylation sites is 2. The molecule has 0 aliphatic heterocycles. The molecule has 0 fully saturated rings. The van der Waals surface area contributed by atoms with Gasteiger partial charge in [-0.3, -0.25) is 0 Å². The van der Waals surface area contributed by atoms with Crippen LogP contribution in [-0.2, 0) is 4.74 Å². The quantitative estimate of drug-likeness (QED) is 0.860. The molecule has 6 heteroatoms. The zero-order valence-corrected chi connectivity index (χ0v) is 10.8. The Morgan fingerprint density at radius 3 is 2.83 bits per heavy atom. The summed E-state index contributed by atoms with van der Waals surface area (Å²) in [5, 5.41) is 5.35. The Balaban J connectivity index is 2.19. The van der Waals surface area contributed by atoms with Crippen LogP contribution in [0.5, 0.6) is 5.75 Å². The smallest absolute Gasteiger partial charge is 0.357 e. The van der Waals surface area contributed by atoms with Crippen LogP contribution in [0.15, 0.2) is 29.6 Å². The van der Waals surface area contributed by atoms with Crippen molar-refractivity contribution in [2.45, 2.75) is 0 Å². The van der Waals surface area contributed by atoms with Crippen LogP contribution in [-0.4, -0.2) is 25.2 Å². The van der Waals surface area contributed by atoms with Gasteiger partial charge in [-0.2, -0.15) is 0 Å². The molecular weight excluding hydrogens is 252 g/mol. The summed E-state index contributed by atoms with van der Waals surface area (Å²) in [6, 6.07) is 7.49. The van der Waals surface area contributed by atoms with Gasteiger partial charge in [0.1, 0.15) is 5.75 Å². The van der Waals surface area contributed by atoms with Gasteiger partial charge in [0, 0.05) is 5.38 Å². The standard InChI is InChI=1S/C12H12N2O3S/c1-16-10-6-4-3-5-8(10)13-12-14-9(7-18-12)11(15)17-2/h3-7H,1-2H3,(H,13,14).